The minimum Gasteiger partial charge on any atom is -0.393 e. The quantitative estimate of drug-likeness (QED) is 0.534. The Labute approximate surface area is 119 Å². The number of para-hydroxylation sites is 1. The summed E-state index contributed by atoms with van der Waals surface area (Å²) in [7, 11) is 1.42. The zero-order valence-corrected chi connectivity index (χ0v) is 11.1. The number of nitrogens with two attached hydrogens (primary N) is 1. The van der Waals surface area contributed by atoms with E-state index in [9.17, 15) is 19.3 Å². The number of nitro benzene ring substituents is 1. The Bertz CT molecular complexity index is 718. The summed E-state index contributed by atoms with van der Waals surface area (Å²) in [6.45, 7) is 0. The van der Waals surface area contributed by atoms with Crippen molar-refractivity contribution < 1.29 is 14.1 Å². The number of hydrogen-bond acceptors (Lipinski definition) is 4. The molecule has 2 aromatic rings. The zero-order chi connectivity index (χ0) is 15.6. The minimum absolute atomic E-state index is 0.111. The van der Waals surface area contributed by atoms with Gasteiger partial charge >= 0.3 is 0 Å². The van der Waals surface area contributed by atoms with E-state index < -0.39 is 16.6 Å². The van der Waals surface area contributed by atoms with Crippen molar-refractivity contribution in [1.29, 1.82) is 0 Å². The molecular weight excluding hydrogens is 277 g/mol. The molecule has 0 saturated carbocycles. The lowest BCUT2D eigenvalue weighted by Crippen LogP contribution is -2.27. The molecule has 0 heterocycles. The molecule has 2 aromatic carbocycles. The van der Waals surface area contributed by atoms with Gasteiger partial charge in [0.15, 0.2) is 0 Å². The van der Waals surface area contributed by atoms with Crippen LogP contribution in [0, 0.1) is 15.9 Å². The number of rotatable bonds is 3. The van der Waals surface area contributed by atoms with Crippen molar-refractivity contribution in [2.24, 2.45) is 0 Å². The van der Waals surface area contributed by atoms with Gasteiger partial charge in [-0.25, -0.2) is 4.39 Å². The van der Waals surface area contributed by atoms with Crippen LogP contribution in [0.15, 0.2) is 42.5 Å². The largest absolute Gasteiger partial charge is 0.393 e. The van der Waals surface area contributed by atoms with E-state index in [0.717, 1.165) is 11.0 Å². The van der Waals surface area contributed by atoms with Gasteiger partial charge in [0.2, 0.25) is 0 Å². The normalized spacial score (nSPS) is 10.2. The van der Waals surface area contributed by atoms with E-state index in [1.165, 1.54) is 37.4 Å². The topological polar surface area (TPSA) is 89.5 Å². The molecule has 0 bridgehead atoms. The molecule has 0 unspecified atom stereocenters. The molecule has 0 aliphatic carbocycles. The molecule has 0 aromatic heterocycles. The molecule has 7 heteroatoms. The van der Waals surface area contributed by atoms with Crippen LogP contribution in [0.4, 0.5) is 21.5 Å². The van der Waals surface area contributed by atoms with Crippen LogP contribution in [0.1, 0.15) is 10.4 Å². The fourth-order valence-electron chi connectivity index (χ4n) is 1.88. The second-order valence-corrected chi connectivity index (χ2v) is 4.35. The summed E-state index contributed by atoms with van der Waals surface area (Å²) in [5.41, 5.74) is 5.40. The van der Waals surface area contributed by atoms with Gasteiger partial charge in [-0.15, -0.1) is 0 Å². The summed E-state index contributed by atoms with van der Waals surface area (Å²) in [5, 5.41) is 10.7. The average molecular weight is 289 g/mol. The van der Waals surface area contributed by atoms with E-state index in [0.29, 0.717) is 0 Å². The maximum Gasteiger partial charge on any atom is 0.292 e. The van der Waals surface area contributed by atoms with Gasteiger partial charge in [0.1, 0.15) is 11.5 Å². The first-order chi connectivity index (χ1) is 9.91. The molecule has 108 valence electrons. The number of anilines is 2. The Morgan fingerprint density at radius 2 is 1.95 bits per heavy atom. The Morgan fingerprint density at radius 3 is 2.52 bits per heavy atom. The van der Waals surface area contributed by atoms with Crippen LogP contribution in [-0.4, -0.2) is 17.9 Å². The lowest BCUT2D eigenvalue weighted by Gasteiger charge is -2.18. The lowest BCUT2D eigenvalue weighted by atomic mass is 10.1. The second-order valence-electron chi connectivity index (χ2n) is 4.35. The molecule has 0 aliphatic heterocycles. The highest BCUT2D eigenvalue weighted by molar-refractivity contribution is 6.06. The molecule has 21 heavy (non-hydrogen) atoms. The van der Waals surface area contributed by atoms with E-state index in [1.807, 2.05) is 0 Å². The number of nitrogen functional groups attached to an aromatic ring is 1. The molecule has 0 atom stereocenters. The van der Waals surface area contributed by atoms with E-state index in [1.54, 1.807) is 6.07 Å². The summed E-state index contributed by atoms with van der Waals surface area (Å²) < 4.78 is 13.7. The predicted molar refractivity (Wildman–Crippen MR) is 76.6 cm³/mol. The zero-order valence-electron chi connectivity index (χ0n) is 11.1. The van der Waals surface area contributed by atoms with Gasteiger partial charge in [-0.2, -0.15) is 0 Å². The van der Waals surface area contributed by atoms with Crippen LogP contribution in [0.2, 0.25) is 0 Å². The number of carbonyl (C=O) groups excluding carboxylic acids is 1. The highest BCUT2D eigenvalue weighted by Crippen LogP contribution is 2.24. The molecule has 0 aliphatic rings. The van der Waals surface area contributed by atoms with Crippen molar-refractivity contribution in [2.45, 2.75) is 0 Å². The van der Waals surface area contributed by atoms with E-state index in [-0.39, 0.29) is 22.6 Å². The summed E-state index contributed by atoms with van der Waals surface area (Å²) in [6, 6.07) is 9.46. The van der Waals surface area contributed by atoms with Crippen molar-refractivity contribution in [3.63, 3.8) is 0 Å². The average Bonchev–Trinajstić information content (AvgIpc) is 2.45. The van der Waals surface area contributed by atoms with E-state index in [2.05, 4.69) is 0 Å². The van der Waals surface area contributed by atoms with Gasteiger partial charge in [-0.3, -0.25) is 14.9 Å². The van der Waals surface area contributed by atoms with Gasteiger partial charge < -0.3 is 10.6 Å². The van der Waals surface area contributed by atoms with Gasteiger partial charge in [-0.1, -0.05) is 12.1 Å². The van der Waals surface area contributed by atoms with Crippen LogP contribution < -0.4 is 10.6 Å². The van der Waals surface area contributed by atoms with Crippen LogP contribution in [0.5, 0.6) is 0 Å². The summed E-state index contributed by atoms with van der Waals surface area (Å²) in [5.74, 6) is -1.05. The first-order valence-electron chi connectivity index (χ1n) is 5.98. The number of hydrogen-bond donors (Lipinski definition) is 1. The van der Waals surface area contributed by atoms with E-state index in [4.69, 9.17) is 5.73 Å². The van der Waals surface area contributed by atoms with Crippen molar-refractivity contribution in [3.05, 3.63) is 64.0 Å². The van der Waals surface area contributed by atoms with Crippen molar-refractivity contribution in [3.8, 4) is 0 Å². The molecule has 0 spiro atoms. The van der Waals surface area contributed by atoms with Crippen molar-refractivity contribution >= 4 is 23.0 Å². The monoisotopic (exact) mass is 289 g/mol. The minimum atomic E-state index is -0.635. The summed E-state index contributed by atoms with van der Waals surface area (Å²) >= 11 is 0. The predicted octanol–water partition coefficient (Wildman–Crippen LogP) is 2.59. The maximum absolute atomic E-state index is 13.7. The Hall–Kier alpha value is -2.96. The molecule has 2 rings (SSSR count). The van der Waals surface area contributed by atoms with Crippen LogP contribution >= 0.6 is 0 Å². The highest BCUT2D eigenvalue weighted by Gasteiger charge is 2.19. The Morgan fingerprint density at radius 1 is 1.29 bits per heavy atom. The first kappa shape index (κ1) is 14.4. The Balaban J connectivity index is 2.34. The smallest absolute Gasteiger partial charge is 0.292 e. The summed E-state index contributed by atoms with van der Waals surface area (Å²) in [4.78, 5) is 23.4. The number of nitrogens with zero attached hydrogens (tertiary/aromatic N) is 2. The molecule has 1 amide bonds. The first-order valence-corrected chi connectivity index (χ1v) is 5.98. The van der Waals surface area contributed by atoms with Gasteiger partial charge in [0, 0.05) is 18.7 Å². The molecule has 6 nitrogen and oxygen atoms in total. The lowest BCUT2D eigenvalue weighted by molar-refractivity contribution is -0.383. The standard InChI is InChI=1S/C14H12FN3O3/c1-17(12-5-3-2-4-10(12)15)14(19)9-6-7-13(18(20)21)11(16)8-9/h2-8H,16H2,1H3. The van der Waals surface area contributed by atoms with Crippen molar-refractivity contribution in [1.82, 2.24) is 0 Å². The SMILES string of the molecule is CN(C(=O)c1ccc([N+](=O)[O-])c(N)c1)c1ccccc1F. The molecular formula is C14H12FN3O3. The third-order valence-corrected chi connectivity index (χ3v) is 2.99. The Kier molecular flexibility index (Phi) is 3.84. The molecule has 0 saturated heterocycles. The maximum atomic E-state index is 13.7. The highest BCUT2D eigenvalue weighted by atomic mass is 19.1. The number of nitro groups is 1. The number of halogens is 1. The van der Waals surface area contributed by atoms with Crippen LogP contribution in [0.3, 0.4) is 0 Å². The number of amides is 1. The van der Waals surface area contributed by atoms with Gasteiger partial charge in [-0.05, 0) is 24.3 Å². The fourth-order valence-corrected chi connectivity index (χ4v) is 1.88. The third kappa shape index (κ3) is 2.81. The van der Waals surface area contributed by atoms with Crippen molar-refractivity contribution in [2.75, 3.05) is 17.7 Å². The van der Waals surface area contributed by atoms with Crippen LogP contribution in [-0.2, 0) is 0 Å². The fraction of sp³-hybridized carbons (Fsp3) is 0.0714. The molecule has 2 N–H and O–H groups in total. The molecule has 0 fully saturated rings. The number of benzene rings is 2. The third-order valence-electron chi connectivity index (χ3n) is 2.99. The summed E-state index contributed by atoms with van der Waals surface area (Å²) in [6.07, 6.45) is 0. The van der Waals surface area contributed by atoms with Gasteiger partial charge in [0.05, 0.1) is 10.6 Å². The van der Waals surface area contributed by atoms with Gasteiger partial charge in [0.25, 0.3) is 11.6 Å². The number of carbonyl (C=O) groups is 1. The van der Waals surface area contributed by atoms with E-state index >= 15 is 0 Å². The second kappa shape index (κ2) is 5.58. The van der Waals surface area contributed by atoms with Crippen LogP contribution in [0.25, 0.3) is 0 Å². The molecule has 0 radical (unpaired) electrons.